The average molecular weight is 348 g/mol. The highest BCUT2D eigenvalue weighted by Crippen LogP contribution is 2.39. The number of aromatic nitrogens is 1. The zero-order valence-electron chi connectivity index (χ0n) is 13.4. The van der Waals surface area contributed by atoms with Gasteiger partial charge in [0.2, 0.25) is 5.91 Å². The van der Waals surface area contributed by atoms with Crippen LogP contribution in [0, 0.1) is 10.9 Å². The molecule has 0 bridgehead atoms. The Morgan fingerprint density at radius 3 is 2.91 bits per heavy atom. The van der Waals surface area contributed by atoms with Crippen LogP contribution in [-0.2, 0) is 11.2 Å². The van der Waals surface area contributed by atoms with Gasteiger partial charge in [-0.15, -0.1) is 11.3 Å². The molecule has 1 aliphatic rings. The number of amides is 1. The number of nitrogens with one attached hydrogen (secondary N) is 2. The van der Waals surface area contributed by atoms with E-state index in [1.807, 2.05) is 45.0 Å². The van der Waals surface area contributed by atoms with E-state index >= 15 is 0 Å². The third-order valence-corrected chi connectivity index (χ3v) is 5.29. The molecule has 1 aromatic heterocycles. The normalized spacial score (nSPS) is 18.8. The molecule has 1 amide bonds. The summed E-state index contributed by atoms with van der Waals surface area (Å²) in [6, 6.07) is 7.86. The molecule has 3 rings (SSSR count). The molecule has 4 nitrogen and oxygen atoms in total. The number of H-pyrrole nitrogens is 1. The van der Waals surface area contributed by atoms with E-state index in [1.165, 1.54) is 11.3 Å². The fourth-order valence-electron chi connectivity index (χ4n) is 2.93. The SMILES string of the molecule is Cc1[nH]c(=S)sc1CC(=O)N[C@@H]1CC(C)(C)Oc2ccccc21. The van der Waals surface area contributed by atoms with Crippen LogP contribution in [0.25, 0.3) is 0 Å². The summed E-state index contributed by atoms with van der Waals surface area (Å²) in [6.45, 7) is 6.04. The van der Waals surface area contributed by atoms with Crippen LogP contribution in [0.3, 0.4) is 0 Å². The molecule has 122 valence electrons. The number of aryl methyl sites for hydroxylation is 1. The van der Waals surface area contributed by atoms with Gasteiger partial charge in [0.15, 0.2) is 3.95 Å². The predicted octanol–water partition coefficient (Wildman–Crippen LogP) is 4.08. The Labute approximate surface area is 144 Å². The molecule has 2 N–H and O–H groups in total. The molecule has 1 aromatic carbocycles. The van der Waals surface area contributed by atoms with Crippen molar-refractivity contribution in [3.8, 4) is 5.75 Å². The molecule has 0 fully saturated rings. The van der Waals surface area contributed by atoms with Crippen LogP contribution in [-0.4, -0.2) is 16.5 Å². The van der Waals surface area contributed by atoms with Gasteiger partial charge >= 0.3 is 0 Å². The Morgan fingerprint density at radius 2 is 2.22 bits per heavy atom. The van der Waals surface area contributed by atoms with Gasteiger partial charge in [0.25, 0.3) is 0 Å². The summed E-state index contributed by atoms with van der Waals surface area (Å²) < 4.78 is 6.71. The first-order chi connectivity index (χ1) is 10.8. The highest BCUT2D eigenvalue weighted by Gasteiger charge is 2.34. The molecule has 23 heavy (non-hydrogen) atoms. The number of carbonyl (C=O) groups excluding carboxylic acids is 1. The number of fused-ring (bicyclic) bond motifs is 1. The third-order valence-electron chi connectivity index (χ3n) is 3.96. The summed E-state index contributed by atoms with van der Waals surface area (Å²) in [4.78, 5) is 16.5. The Kier molecular flexibility index (Phi) is 4.29. The monoisotopic (exact) mass is 348 g/mol. The van der Waals surface area contributed by atoms with Crippen molar-refractivity contribution in [1.82, 2.24) is 10.3 Å². The van der Waals surface area contributed by atoms with Crippen LogP contribution in [0.15, 0.2) is 24.3 Å². The molecule has 0 radical (unpaired) electrons. The van der Waals surface area contributed by atoms with E-state index in [9.17, 15) is 4.79 Å². The number of hydrogen-bond donors (Lipinski definition) is 2. The lowest BCUT2D eigenvalue weighted by atomic mass is 9.89. The van der Waals surface area contributed by atoms with E-state index in [1.54, 1.807) is 0 Å². The number of aromatic amines is 1. The lowest BCUT2D eigenvalue weighted by molar-refractivity contribution is -0.121. The summed E-state index contributed by atoms with van der Waals surface area (Å²) in [7, 11) is 0. The molecule has 0 saturated heterocycles. The topological polar surface area (TPSA) is 54.1 Å². The second-order valence-corrected chi connectivity index (χ2v) is 8.24. The van der Waals surface area contributed by atoms with Gasteiger partial charge in [0.1, 0.15) is 11.4 Å². The fourth-order valence-corrected chi connectivity index (χ4v) is 4.22. The highest BCUT2D eigenvalue weighted by molar-refractivity contribution is 7.73. The molecule has 1 aliphatic heterocycles. The standard InChI is InChI=1S/C17H20N2O2S2/c1-10-14(23-16(22)18-10)8-15(20)19-12-9-17(2,3)21-13-7-5-4-6-11(12)13/h4-7,12H,8-9H2,1-3H3,(H,18,22)(H,19,20)/t12-/m1/s1. The Hall–Kier alpha value is -1.66. The summed E-state index contributed by atoms with van der Waals surface area (Å²) >= 11 is 6.60. The van der Waals surface area contributed by atoms with Crippen LogP contribution in [0.1, 0.15) is 42.4 Å². The maximum Gasteiger partial charge on any atom is 0.225 e. The van der Waals surface area contributed by atoms with Gasteiger partial charge in [-0.3, -0.25) is 4.79 Å². The molecule has 2 heterocycles. The van der Waals surface area contributed by atoms with Crippen molar-refractivity contribution in [2.24, 2.45) is 0 Å². The van der Waals surface area contributed by atoms with Crippen LogP contribution >= 0.6 is 23.6 Å². The quantitative estimate of drug-likeness (QED) is 0.822. The zero-order valence-corrected chi connectivity index (χ0v) is 15.1. The summed E-state index contributed by atoms with van der Waals surface area (Å²) in [5.74, 6) is 0.860. The average Bonchev–Trinajstić information content (AvgIpc) is 2.75. The Bertz CT molecular complexity index is 792. The minimum Gasteiger partial charge on any atom is -0.487 e. The first-order valence-corrected chi connectivity index (χ1v) is 8.82. The summed E-state index contributed by atoms with van der Waals surface area (Å²) in [5.41, 5.74) is 1.72. The number of rotatable bonds is 3. The molecule has 0 unspecified atom stereocenters. The smallest absolute Gasteiger partial charge is 0.225 e. The third kappa shape index (κ3) is 3.64. The van der Waals surface area contributed by atoms with Crippen molar-refractivity contribution in [3.05, 3.63) is 44.4 Å². The van der Waals surface area contributed by atoms with Crippen molar-refractivity contribution in [2.45, 2.75) is 45.3 Å². The van der Waals surface area contributed by atoms with E-state index in [0.29, 0.717) is 10.4 Å². The van der Waals surface area contributed by atoms with Gasteiger partial charge in [-0.2, -0.15) is 0 Å². The van der Waals surface area contributed by atoms with Crippen molar-refractivity contribution in [2.75, 3.05) is 0 Å². The largest absolute Gasteiger partial charge is 0.487 e. The minimum absolute atomic E-state index is 0.0100. The van der Waals surface area contributed by atoms with Crippen LogP contribution in [0.2, 0.25) is 0 Å². The maximum absolute atomic E-state index is 12.5. The minimum atomic E-state index is -0.299. The van der Waals surface area contributed by atoms with E-state index in [0.717, 1.165) is 28.3 Å². The molecular weight excluding hydrogens is 328 g/mol. The van der Waals surface area contributed by atoms with Crippen LogP contribution < -0.4 is 10.1 Å². The lowest BCUT2D eigenvalue weighted by Crippen LogP contribution is -2.41. The molecule has 6 heteroatoms. The first kappa shape index (κ1) is 16.2. The van der Waals surface area contributed by atoms with Gasteiger partial charge in [-0.05, 0) is 39.1 Å². The van der Waals surface area contributed by atoms with Crippen molar-refractivity contribution < 1.29 is 9.53 Å². The number of para-hydroxylation sites is 1. The number of benzene rings is 1. The second-order valence-electron chi connectivity index (χ2n) is 6.46. The van der Waals surface area contributed by atoms with Gasteiger partial charge in [-0.1, -0.05) is 18.2 Å². The summed E-state index contributed by atoms with van der Waals surface area (Å²) in [6.07, 6.45) is 1.10. The maximum atomic E-state index is 12.5. The fraction of sp³-hybridized carbons (Fsp3) is 0.412. The molecule has 1 atom stereocenters. The molecule has 0 spiro atoms. The lowest BCUT2D eigenvalue weighted by Gasteiger charge is -2.37. The highest BCUT2D eigenvalue weighted by atomic mass is 32.1. The molecule has 0 saturated carbocycles. The van der Waals surface area contributed by atoms with Crippen LogP contribution in [0.5, 0.6) is 5.75 Å². The van der Waals surface area contributed by atoms with Gasteiger partial charge in [0, 0.05) is 22.6 Å². The molecule has 0 aliphatic carbocycles. The van der Waals surface area contributed by atoms with E-state index in [4.69, 9.17) is 17.0 Å². The molecular formula is C17H20N2O2S2. The number of thiazole rings is 1. The van der Waals surface area contributed by atoms with Gasteiger partial charge < -0.3 is 15.0 Å². The van der Waals surface area contributed by atoms with Crippen LogP contribution in [0.4, 0.5) is 0 Å². The predicted molar refractivity (Wildman–Crippen MR) is 94.6 cm³/mol. The van der Waals surface area contributed by atoms with E-state index in [2.05, 4.69) is 10.3 Å². The van der Waals surface area contributed by atoms with Gasteiger partial charge in [0.05, 0.1) is 12.5 Å². The second kappa shape index (κ2) is 6.09. The van der Waals surface area contributed by atoms with Gasteiger partial charge in [-0.25, -0.2) is 0 Å². The van der Waals surface area contributed by atoms with Crippen molar-refractivity contribution in [3.63, 3.8) is 0 Å². The zero-order chi connectivity index (χ0) is 16.6. The van der Waals surface area contributed by atoms with E-state index < -0.39 is 0 Å². The number of ether oxygens (including phenoxy) is 1. The summed E-state index contributed by atoms with van der Waals surface area (Å²) in [5, 5.41) is 3.16. The van der Waals surface area contributed by atoms with Crippen molar-refractivity contribution in [1.29, 1.82) is 0 Å². The van der Waals surface area contributed by atoms with E-state index in [-0.39, 0.29) is 17.6 Å². The molecule has 2 aromatic rings. The number of carbonyl (C=O) groups is 1. The van der Waals surface area contributed by atoms with Crippen molar-refractivity contribution >= 4 is 29.5 Å². The Morgan fingerprint density at radius 1 is 1.48 bits per heavy atom. The Balaban J connectivity index is 1.78. The first-order valence-electron chi connectivity index (χ1n) is 7.60. The number of hydrogen-bond acceptors (Lipinski definition) is 4.